The van der Waals surface area contributed by atoms with E-state index >= 15 is 0 Å². The third-order valence-corrected chi connectivity index (χ3v) is 4.56. The largest absolute Gasteiger partial charge is 0.490 e. The highest BCUT2D eigenvalue weighted by Crippen LogP contribution is 2.19. The minimum Gasteiger partial charge on any atom is -0.475 e. The van der Waals surface area contributed by atoms with Gasteiger partial charge in [0.1, 0.15) is 5.82 Å². The van der Waals surface area contributed by atoms with Crippen molar-refractivity contribution in [2.45, 2.75) is 45.5 Å². The number of alkyl halides is 3. The van der Waals surface area contributed by atoms with Crippen LogP contribution in [-0.2, 0) is 11.3 Å². The van der Waals surface area contributed by atoms with Crippen molar-refractivity contribution in [3.05, 3.63) is 65.0 Å². The van der Waals surface area contributed by atoms with Gasteiger partial charge in [-0.3, -0.25) is 0 Å². The second-order valence-electron chi connectivity index (χ2n) is 7.44. The molecule has 0 bridgehead atoms. The van der Waals surface area contributed by atoms with Gasteiger partial charge in [0.25, 0.3) is 0 Å². The third kappa shape index (κ3) is 7.37. The fraction of sp³-hybridized carbons (Fsp3) is 0.364. The molecule has 168 valence electrons. The van der Waals surface area contributed by atoms with Crippen LogP contribution < -0.4 is 5.32 Å². The van der Waals surface area contributed by atoms with Gasteiger partial charge in [-0.15, -0.1) is 0 Å². The van der Waals surface area contributed by atoms with E-state index in [9.17, 15) is 18.3 Å². The van der Waals surface area contributed by atoms with Gasteiger partial charge in [0.15, 0.2) is 0 Å². The second-order valence-corrected chi connectivity index (χ2v) is 7.44. The number of aliphatic carboxylic acids is 1. The highest BCUT2D eigenvalue weighted by atomic mass is 19.4. The molecule has 3 aromatic rings. The quantitative estimate of drug-likeness (QED) is 0.457. The predicted octanol–water partition coefficient (Wildman–Crippen LogP) is 4.45. The molecule has 6 nitrogen and oxygen atoms in total. The number of aromatic nitrogens is 2. The van der Waals surface area contributed by atoms with Crippen molar-refractivity contribution in [1.29, 1.82) is 0 Å². The number of nitrogens with one attached hydrogen (secondary N) is 2. The summed E-state index contributed by atoms with van der Waals surface area (Å²) < 4.78 is 31.7. The number of rotatable bonds is 6. The maximum atomic E-state index is 10.6. The van der Waals surface area contributed by atoms with Crippen molar-refractivity contribution in [2.24, 2.45) is 0 Å². The lowest BCUT2D eigenvalue weighted by molar-refractivity contribution is -0.192. The number of nitrogens with zero attached hydrogens (tertiary/aromatic N) is 1. The highest BCUT2D eigenvalue weighted by Gasteiger charge is 2.38. The van der Waals surface area contributed by atoms with Gasteiger partial charge >= 0.3 is 12.1 Å². The Balaban J connectivity index is 0.000000423. The van der Waals surface area contributed by atoms with E-state index in [1.807, 2.05) is 25.1 Å². The highest BCUT2D eigenvalue weighted by molar-refractivity contribution is 5.75. The van der Waals surface area contributed by atoms with Crippen molar-refractivity contribution in [1.82, 2.24) is 15.3 Å². The lowest BCUT2D eigenvalue weighted by Crippen LogP contribution is -2.21. The van der Waals surface area contributed by atoms with Crippen LogP contribution in [0.15, 0.2) is 42.5 Å². The topological polar surface area (TPSA) is 98.2 Å². The zero-order valence-electron chi connectivity index (χ0n) is 17.5. The van der Waals surface area contributed by atoms with Crippen molar-refractivity contribution >= 4 is 17.0 Å². The van der Waals surface area contributed by atoms with E-state index in [2.05, 4.69) is 53.4 Å². The van der Waals surface area contributed by atoms with E-state index in [-0.39, 0.29) is 0 Å². The Labute approximate surface area is 178 Å². The molecule has 0 aliphatic heterocycles. The number of halogens is 3. The summed E-state index contributed by atoms with van der Waals surface area (Å²) in [4.78, 5) is 16.6. The third-order valence-electron chi connectivity index (χ3n) is 4.56. The predicted molar refractivity (Wildman–Crippen MR) is 112 cm³/mol. The first-order valence-corrected chi connectivity index (χ1v) is 9.71. The molecule has 9 heteroatoms. The lowest BCUT2D eigenvalue weighted by Gasteiger charge is -2.14. The number of benzene rings is 2. The molecule has 31 heavy (non-hydrogen) atoms. The van der Waals surface area contributed by atoms with Crippen molar-refractivity contribution in [2.75, 3.05) is 6.54 Å². The van der Waals surface area contributed by atoms with E-state index in [1.165, 1.54) is 11.1 Å². The van der Waals surface area contributed by atoms with E-state index < -0.39 is 18.2 Å². The summed E-state index contributed by atoms with van der Waals surface area (Å²) in [5, 5.41) is 20.8. The van der Waals surface area contributed by atoms with Crippen LogP contribution in [0.1, 0.15) is 48.4 Å². The summed E-state index contributed by atoms with van der Waals surface area (Å²) in [6, 6.07) is 14.4. The number of carboxylic acid groups (broad SMARTS) is 1. The number of hydrogen-bond acceptors (Lipinski definition) is 4. The number of aromatic amines is 1. The number of carboxylic acids is 1. The SMILES string of the molecule is Cc1nc2ccc(CNCC(O)c3ccc(C(C)C)cc3)cc2[nH]1.O=C(O)C(F)(F)F. The molecule has 0 saturated carbocycles. The standard InChI is InChI=1S/C20H25N3O.C2HF3O2/c1-13(2)16-5-7-17(8-6-16)20(24)12-21-11-15-4-9-18-19(10-15)23-14(3)22-18;3-2(4,5)1(6)7/h4-10,13,20-21,24H,11-12H2,1-3H3,(H,22,23);(H,6,7). The monoisotopic (exact) mass is 437 g/mol. The van der Waals surface area contributed by atoms with Gasteiger partial charge in [0.2, 0.25) is 0 Å². The molecule has 1 aromatic heterocycles. The molecule has 0 spiro atoms. The van der Waals surface area contributed by atoms with Gasteiger partial charge < -0.3 is 20.5 Å². The summed E-state index contributed by atoms with van der Waals surface area (Å²) >= 11 is 0. The summed E-state index contributed by atoms with van der Waals surface area (Å²) in [6.07, 6.45) is -5.58. The number of imidazole rings is 1. The van der Waals surface area contributed by atoms with Crippen LogP contribution >= 0.6 is 0 Å². The van der Waals surface area contributed by atoms with Crippen molar-refractivity contribution in [3.63, 3.8) is 0 Å². The summed E-state index contributed by atoms with van der Waals surface area (Å²) in [6.45, 7) is 7.55. The molecule has 1 heterocycles. The molecular weight excluding hydrogens is 411 g/mol. The van der Waals surface area contributed by atoms with Crippen molar-refractivity contribution in [3.8, 4) is 0 Å². The van der Waals surface area contributed by atoms with Gasteiger partial charge in [0, 0.05) is 13.1 Å². The minimum atomic E-state index is -5.08. The molecule has 4 N–H and O–H groups in total. The zero-order valence-corrected chi connectivity index (χ0v) is 17.5. The molecule has 0 radical (unpaired) electrons. The van der Waals surface area contributed by atoms with Crippen LogP contribution in [0.4, 0.5) is 13.2 Å². The summed E-state index contributed by atoms with van der Waals surface area (Å²) in [5.41, 5.74) is 5.46. The van der Waals surface area contributed by atoms with Crippen LogP contribution in [0, 0.1) is 6.92 Å². The number of fused-ring (bicyclic) bond motifs is 1. The van der Waals surface area contributed by atoms with Crippen LogP contribution in [-0.4, -0.2) is 38.9 Å². The Kier molecular flexibility index (Phi) is 8.18. The van der Waals surface area contributed by atoms with Gasteiger partial charge in [-0.25, -0.2) is 9.78 Å². The van der Waals surface area contributed by atoms with Crippen molar-refractivity contribution < 1.29 is 28.2 Å². The van der Waals surface area contributed by atoms with Gasteiger partial charge in [-0.1, -0.05) is 44.2 Å². The Morgan fingerprint density at radius 2 is 1.71 bits per heavy atom. The number of aliphatic hydroxyl groups is 1. The van der Waals surface area contributed by atoms with Gasteiger partial charge in [-0.2, -0.15) is 13.2 Å². The number of aryl methyl sites for hydroxylation is 1. The number of hydrogen-bond donors (Lipinski definition) is 4. The smallest absolute Gasteiger partial charge is 0.475 e. The maximum absolute atomic E-state index is 10.6. The van der Waals surface area contributed by atoms with E-state index in [0.29, 0.717) is 12.5 Å². The molecule has 1 unspecified atom stereocenters. The average Bonchev–Trinajstić information content (AvgIpc) is 3.07. The molecule has 0 aliphatic carbocycles. The first-order chi connectivity index (χ1) is 14.5. The first-order valence-electron chi connectivity index (χ1n) is 9.71. The Hall–Kier alpha value is -2.91. The zero-order chi connectivity index (χ0) is 23.2. The van der Waals surface area contributed by atoms with Crippen LogP contribution in [0.25, 0.3) is 11.0 Å². The number of H-pyrrole nitrogens is 1. The lowest BCUT2D eigenvalue weighted by atomic mass is 10.00. The number of carbonyl (C=O) groups is 1. The van der Waals surface area contributed by atoms with E-state index in [1.54, 1.807) is 0 Å². The number of aliphatic hydroxyl groups excluding tert-OH is 1. The summed E-state index contributed by atoms with van der Waals surface area (Å²) in [7, 11) is 0. The Morgan fingerprint density at radius 3 is 2.26 bits per heavy atom. The Morgan fingerprint density at radius 1 is 1.13 bits per heavy atom. The van der Waals surface area contributed by atoms with Gasteiger partial charge in [-0.05, 0) is 41.7 Å². The normalized spacial score (nSPS) is 12.5. The van der Waals surface area contributed by atoms with E-state index in [4.69, 9.17) is 9.90 Å². The molecule has 0 saturated heterocycles. The second kappa shape index (κ2) is 10.4. The fourth-order valence-electron chi connectivity index (χ4n) is 2.87. The molecule has 2 aromatic carbocycles. The molecule has 3 rings (SSSR count). The Bertz CT molecular complexity index is 999. The fourth-order valence-corrected chi connectivity index (χ4v) is 2.87. The molecule has 1 atom stereocenters. The molecule has 0 amide bonds. The summed E-state index contributed by atoms with van der Waals surface area (Å²) in [5.74, 6) is -1.32. The maximum Gasteiger partial charge on any atom is 0.490 e. The first kappa shape index (κ1) is 24.4. The van der Waals surface area contributed by atoms with Crippen LogP contribution in [0.5, 0.6) is 0 Å². The average molecular weight is 437 g/mol. The van der Waals surface area contributed by atoms with E-state index in [0.717, 1.165) is 29.0 Å². The molecular formula is C22H26F3N3O3. The molecule has 0 fully saturated rings. The minimum absolute atomic E-state index is 0.496. The van der Waals surface area contributed by atoms with Gasteiger partial charge in [0.05, 0.1) is 17.1 Å². The van der Waals surface area contributed by atoms with Crippen LogP contribution in [0.3, 0.4) is 0 Å². The van der Waals surface area contributed by atoms with Crippen LogP contribution in [0.2, 0.25) is 0 Å². The molecule has 0 aliphatic rings.